The first-order valence-corrected chi connectivity index (χ1v) is 8.22. The average Bonchev–Trinajstić information content (AvgIpc) is 2.32. The normalized spacial score (nSPS) is 15.8. The molecule has 1 rings (SSSR count). The highest BCUT2D eigenvalue weighted by Gasteiger charge is 2.35. The van der Waals surface area contributed by atoms with Crippen molar-refractivity contribution in [3.63, 3.8) is 0 Å². The Hall–Kier alpha value is -1.15. The van der Waals surface area contributed by atoms with Gasteiger partial charge in [0.05, 0.1) is 10.8 Å². The van der Waals surface area contributed by atoms with Crippen molar-refractivity contribution in [3.8, 4) is 0 Å². The summed E-state index contributed by atoms with van der Waals surface area (Å²) in [5.41, 5.74) is -1.20. The summed E-state index contributed by atoms with van der Waals surface area (Å²) in [6.45, 7) is 3.55. The molecule has 2 unspecified atom stereocenters. The molecule has 21 heavy (non-hydrogen) atoms. The number of hydrogen-bond acceptors (Lipinski definition) is 3. The zero-order valence-electron chi connectivity index (χ0n) is 11.8. The van der Waals surface area contributed by atoms with E-state index >= 15 is 0 Å². The highest BCUT2D eigenvalue weighted by atomic mass is 32.2. The summed E-state index contributed by atoms with van der Waals surface area (Å²) >= 11 is 0. The molecule has 0 bridgehead atoms. The molecule has 1 aromatic carbocycles. The van der Waals surface area contributed by atoms with Gasteiger partial charge < -0.3 is 5.32 Å². The molecule has 1 aromatic rings. The quantitative estimate of drug-likeness (QED) is 0.846. The van der Waals surface area contributed by atoms with Gasteiger partial charge in [-0.2, -0.15) is 13.2 Å². The highest BCUT2D eigenvalue weighted by Crippen LogP contribution is 2.33. The van der Waals surface area contributed by atoms with Crippen LogP contribution in [0, 0.1) is 5.82 Å². The van der Waals surface area contributed by atoms with Crippen LogP contribution in [0.4, 0.5) is 17.6 Å². The summed E-state index contributed by atoms with van der Waals surface area (Å²) in [6.07, 6.45) is -3.75. The minimum Gasteiger partial charge on any atom is -0.309 e. The fourth-order valence-corrected chi connectivity index (χ4v) is 2.72. The Balaban J connectivity index is 3.25. The van der Waals surface area contributed by atoms with E-state index in [-0.39, 0.29) is 5.56 Å². The Bertz CT molecular complexity index is 599. The van der Waals surface area contributed by atoms with E-state index in [2.05, 4.69) is 5.32 Å². The second-order valence-electron chi connectivity index (χ2n) is 4.81. The Kier molecular flexibility index (Phi) is 5.38. The van der Waals surface area contributed by atoms with Gasteiger partial charge in [-0.15, -0.1) is 0 Å². The van der Waals surface area contributed by atoms with Gasteiger partial charge in [-0.05, 0) is 31.2 Å². The van der Waals surface area contributed by atoms with Crippen LogP contribution in [0.15, 0.2) is 18.2 Å². The van der Waals surface area contributed by atoms with E-state index in [4.69, 9.17) is 0 Å². The zero-order valence-corrected chi connectivity index (χ0v) is 12.6. The van der Waals surface area contributed by atoms with Crippen LogP contribution >= 0.6 is 0 Å². The van der Waals surface area contributed by atoms with E-state index in [1.54, 1.807) is 6.92 Å². The van der Waals surface area contributed by atoms with E-state index in [1.807, 2.05) is 0 Å². The van der Waals surface area contributed by atoms with Crippen LogP contribution in [0.2, 0.25) is 0 Å². The minimum absolute atomic E-state index is 0.167. The van der Waals surface area contributed by atoms with Gasteiger partial charge in [-0.1, -0.05) is 13.0 Å². The summed E-state index contributed by atoms with van der Waals surface area (Å²) in [5.74, 6) is -1.41. The molecular formula is C13H17F4NO2S. The lowest BCUT2D eigenvalue weighted by molar-refractivity contribution is -0.140. The summed E-state index contributed by atoms with van der Waals surface area (Å²) < 4.78 is 74.4. The van der Waals surface area contributed by atoms with E-state index in [1.165, 1.54) is 6.92 Å². The highest BCUT2D eigenvalue weighted by molar-refractivity contribution is 7.91. The third-order valence-corrected chi connectivity index (χ3v) is 4.85. The minimum atomic E-state index is -4.78. The molecule has 120 valence electrons. The van der Waals surface area contributed by atoms with Gasteiger partial charge in [0.1, 0.15) is 5.82 Å². The Labute approximate surface area is 121 Å². The molecule has 2 atom stereocenters. The van der Waals surface area contributed by atoms with Crippen molar-refractivity contribution in [2.45, 2.75) is 31.3 Å². The first kappa shape index (κ1) is 17.9. The smallest absolute Gasteiger partial charge is 0.309 e. The SMILES string of the molecule is CCNC(c1ccc(C(F)(F)F)c(F)c1)C(C)S(C)(=O)=O. The molecule has 0 spiro atoms. The summed E-state index contributed by atoms with van der Waals surface area (Å²) in [6, 6.07) is 1.68. The number of rotatable bonds is 5. The third-order valence-electron chi connectivity index (χ3n) is 3.23. The number of benzene rings is 1. The second kappa shape index (κ2) is 6.31. The number of nitrogens with one attached hydrogen (secondary N) is 1. The average molecular weight is 327 g/mol. The lowest BCUT2D eigenvalue weighted by Crippen LogP contribution is -2.35. The molecule has 0 saturated carbocycles. The number of halogens is 4. The maximum atomic E-state index is 13.6. The molecular weight excluding hydrogens is 310 g/mol. The van der Waals surface area contributed by atoms with Crippen LogP contribution in [-0.4, -0.2) is 26.5 Å². The molecule has 0 radical (unpaired) electrons. The van der Waals surface area contributed by atoms with Crippen molar-refractivity contribution in [2.24, 2.45) is 0 Å². The largest absolute Gasteiger partial charge is 0.419 e. The van der Waals surface area contributed by atoms with Crippen molar-refractivity contribution < 1.29 is 26.0 Å². The van der Waals surface area contributed by atoms with Crippen LogP contribution in [-0.2, 0) is 16.0 Å². The summed E-state index contributed by atoms with van der Waals surface area (Å²) in [4.78, 5) is 0. The van der Waals surface area contributed by atoms with Gasteiger partial charge >= 0.3 is 6.18 Å². The number of sulfone groups is 1. The van der Waals surface area contributed by atoms with Gasteiger partial charge in [0.2, 0.25) is 0 Å². The van der Waals surface area contributed by atoms with Gasteiger partial charge in [0, 0.05) is 12.3 Å². The second-order valence-corrected chi connectivity index (χ2v) is 7.21. The molecule has 0 aliphatic heterocycles. The molecule has 0 aliphatic carbocycles. The van der Waals surface area contributed by atoms with Crippen molar-refractivity contribution in [1.82, 2.24) is 5.32 Å². The Morgan fingerprint density at radius 2 is 1.86 bits per heavy atom. The van der Waals surface area contributed by atoms with E-state index in [0.717, 1.165) is 18.4 Å². The van der Waals surface area contributed by atoms with Crippen LogP contribution in [0.5, 0.6) is 0 Å². The number of hydrogen-bond donors (Lipinski definition) is 1. The lowest BCUT2D eigenvalue weighted by Gasteiger charge is -2.24. The first-order chi connectivity index (χ1) is 9.48. The van der Waals surface area contributed by atoms with Gasteiger partial charge in [-0.3, -0.25) is 0 Å². The zero-order chi connectivity index (χ0) is 16.4. The molecule has 8 heteroatoms. The van der Waals surface area contributed by atoms with Crippen LogP contribution < -0.4 is 5.32 Å². The van der Waals surface area contributed by atoms with Gasteiger partial charge in [0.25, 0.3) is 0 Å². The van der Waals surface area contributed by atoms with Gasteiger partial charge in [-0.25, -0.2) is 12.8 Å². The Morgan fingerprint density at radius 1 is 1.29 bits per heavy atom. The van der Waals surface area contributed by atoms with Crippen molar-refractivity contribution in [3.05, 3.63) is 35.1 Å². The first-order valence-electron chi connectivity index (χ1n) is 6.27. The monoisotopic (exact) mass is 327 g/mol. The number of alkyl halides is 3. The fraction of sp³-hybridized carbons (Fsp3) is 0.538. The molecule has 0 aliphatic rings. The maximum absolute atomic E-state index is 13.6. The molecule has 0 aromatic heterocycles. The maximum Gasteiger partial charge on any atom is 0.419 e. The molecule has 0 heterocycles. The van der Waals surface area contributed by atoms with E-state index in [9.17, 15) is 26.0 Å². The molecule has 0 saturated heterocycles. The fourth-order valence-electron chi connectivity index (χ4n) is 1.98. The Morgan fingerprint density at radius 3 is 2.24 bits per heavy atom. The van der Waals surface area contributed by atoms with Crippen molar-refractivity contribution >= 4 is 9.84 Å². The van der Waals surface area contributed by atoms with E-state index in [0.29, 0.717) is 12.6 Å². The summed E-state index contributed by atoms with van der Waals surface area (Å²) in [7, 11) is -3.43. The molecule has 0 amide bonds. The molecule has 0 fully saturated rings. The molecule has 1 N–H and O–H groups in total. The standard InChI is InChI=1S/C13H17F4NO2S/c1-4-18-12(8(2)21(3,19)20)9-5-6-10(11(14)7-9)13(15,16)17/h5-8,12,18H,4H2,1-3H3. The lowest BCUT2D eigenvalue weighted by atomic mass is 10.0. The van der Waals surface area contributed by atoms with Crippen molar-refractivity contribution in [2.75, 3.05) is 12.8 Å². The van der Waals surface area contributed by atoms with E-state index < -0.39 is 38.7 Å². The topological polar surface area (TPSA) is 46.2 Å². The van der Waals surface area contributed by atoms with Crippen LogP contribution in [0.3, 0.4) is 0 Å². The van der Waals surface area contributed by atoms with Crippen LogP contribution in [0.1, 0.15) is 31.0 Å². The summed E-state index contributed by atoms with van der Waals surface area (Å²) in [5, 5.41) is 1.97. The van der Waals surface area contributed by atoms with Crippen LogP contribution in [0.25, 0.3) is 0 Å². The predicted octanol–water partition coefficient (Wildman–Crippen LogP) is 2.93. The third kappa shape index (κ3) is 4.41. The van der Waals surface area contributed by atoms with Crippen molar-refractivity contribution in [1.29, 1.82) is 0 Å². The van der Waals surface area contributed by atoms with Gasteiger partial charge in [0.15, 0.2) is 9.84 Å². The molecule has 3 nitrogen and oxygen atoms in total. The predicted molar refractivity (Wildman–Crippen MR) is 72.1 cm³/mol.